The lowest BCUT2D eigenvalue weighted by molar-refractivity contribution is -0.139. The third kappa shape index (κ3) is 8.18. The standard InChI is InChI=1S/C20H30N4O6/c1-11(2)17(20(30)22-10-15(26)27)24-18(28)14(9-13-7-5-4-6-8-13)23-19(29)16(21)12(3)25/h4-8,11-12,14,16-17,25H,9-10,21H2,1-3H3,(H,22,30)(H,23,29)(H,24,28)(H,26,27). The van der Waals surface area contributed by atoms with Crippen molar-refractivity contribution in [3.63, 3.8) is 0 Å². The Labute approximate surface area is 175 Å². The Kier molecular flexibility index (Phi) is 9.93. The predicted octanol–water partition coefficient (Wildman–Crippen LogP) is -1.24. The molecule has 3 amide bonds. The summed E-state index contributed by atoms with van der Waals surface area (Å²) in [7, 11) is 0. The van der Waals surface area contributed by atoms with Gasteiger partial charge in [-0.05, 0) is 18.4 Å². The third-order valence-corrected chi connectivity index (χ3v) is 4.40. The van der Waals surface area contributed by atoms with Gasteiger partial charge in [0, 0.05) is 6.42 Å². The van der Waals surface area contributed by atoms with Gasteiger partial charge in [0.25, 0.3) is 0 Å². The highest BCUT2D eigenvalue weighted by molar-refractivity contribution is 5.94. The molecule has 1 aromatic rings. The summed E-state index contributed by atoms with van der Waals surface area (Å²) in [5, 5.41) is 25.6. The molecule has 0 aliphatic rings. The van der Waals surface area contributed by atoms with Crippen LogP contribution in [0.1, 0.15) is 26.3 Å². The summed E-state index contributed by atoms with van der Waals surface area (Å²) in [6, 6.07) is 5.64. The maximum absolute atomic E-state index is 12.9. The number of hydrogen-bond acceptors (Lipinski definition) is 6. The maximum atomic E-state index is 12.9. The van der Waals surface area contributed by atoms with Crippen molar-refractivity contribution in [2.24, 2.45) is 11.7 Å². The van der Waals surface area contributed by atoms with Gasteiger partial charge in [0.05, 0.1) is 6.10 Å². The van der Waals surface area contributed by atoms with E-state index < -0.39 is 54.5 Å². The van der Waals surface area contributed by atoms with Crippen LogP contribution in [0.15, 0.2) is 30.3 Å². The molecule has 4 atom stereocenters. The van der Waals surface area contributed by atoms with Gasteiger partial charge in [0.2, 0.25) is 17.7 Å². The van der Waals surface area contributed by atoms with Crippen LogP contribution in [0.2, 0.25) is 0 Å². The minimum atomic E-state index is -1.23. The van der Waals surface area contributed by atoms with Crippen LogP contribution in [0.25, 0.3) is 0 Å². The number of hydrogen-bond donors (Lipinski definition) is 6. The van der Waals surface area contributed by atoms with Gasteiger partial charge in [-0.25, -0.2) is 0 Å². The van der Waals surface area contributed by atoms with E-state index in [1.807, 2.05) is 6.07 Å². The molecule has 0 saturated heterocycles. The fourth-order valence-electron chi connectivity index (χ4n) is 2.61. The second kappa shape index (κ2) is 11.9. The van der Waals surface area contributed by atoms with Crippen molar-refractivity contribution in [3.05, 3.63) is 35.9 Å². The lowest BCUT2D eigenvalue weighted by atomic mass is 10.0. The van der Waals surface area contributed by atoms with Crippen LogP contribution in [0.5, 0.6) is 0 Å². The first-order valence-corrected chi connectivity index (χ1v) is 9.60. The number of carbonyl (C=O) groups excluding carboxylic acids is 3. The number of benzene rings is 1. The predicted molar refractivity (Wildman–Crippen MR) is 109 cm³/mol. The monoisotopic (exact) mass is 422 g/mol. The number of rotatable bonds is 11. The molecule has 7 N–H and O–H groups in total. The Morgan fingerprint density at radius 3 is 2.07 bits per heavy atom. The van der Waals surface area contributed by atoms with Crippen molar-refractivity contribution in [3.8, 4) is 0 Å². The van der Waals surface area contributed by atoms with Crippen LogP contribution in [0.3, 0.4) is 0 Å². The van der Waals surface area contributed by atoms with Gasteiger partial charge in [0.1, 0.15) is 24.7 Å². The van der Waals surface area contributed by atoms with Gasteiger partial charge in [-0.1, -0.05) is 44.2 Å². The number of carbonyl (C=O) groups is 4. The summed E-state index contributed by atoms with van der Waals surface area (Å²) >= 11 is 0. The van der Waals surface area contributed by atoms with Gasteiger partial charge in [0.15, 0.2) is 0 Å². The number of nitrogens with two attached hydrogens (primary N) is 1. The van der Waals surface area contributed by atoms with Gasteiger partial charge in [-0.2, -0.15) is 0 Å². The molecular formula is C20H30N4O6. The summed E-state index contributed by atoms with van der Waals surface area (Å²) < 4.78 is 0. The number of aliphatic carboxylic acids is 1. The molecule has 0 bridgehead atoms. The molecule has 0 radical (unpaired) electrons. The first kappa shape index (κ1) is 25.1. The van der Waals surface area contributed by atoms with Crippen LogP contribution < -0.4 is 21.7 Å². The van der Waals surface area contributed by atoms with Crippen molar-refractivity contribution in [2.75, 3.05) is 6.54 Å². The lowest BCUT2D eigenvalue weighted by Gasteiger charge is -2.26. The quantitative estimate of drug-likeness (QED) is 0.259. The number of aliphatic hydroxyl groups excluding tert-OH is 1. The Balaban J connectivity index is 2.99. The minimum absolute atomic E-state index is 0.131. The van der Waals surface area contributed by atoms with Gasteiger partial charge in [-0.3, -0.25) is 19.2 Å². The van der Waals surface area contributed by atoms with Crippen molar-refractivity contribution in [1.82, 2.24) is 16.0 Å². The second-order valence-electron chi connectivity index (χ2n) is 7.36. The molecule has 0 spiro atoms. The summed E-state index contributed by atoms with van der Waals surface area (Å²) in [4.78, 5) is 48.2. The van der Waals surface area contributed by atoms with E-state index in [9.17, 15) is 24.3 Å². The van der Waals surface area contributed by atoms with Crippen molar-refractivity contribution in [1.29, 1.82) is 0 Å². The van der Waals surface area contributed by atoms with E-state index in [0.29, 0.717) is 0 Å². The molecule has 0 saturated carbocycles. The van der Waals surface area contributed by atoms with Gasteiger partial charge >= 0.3 is 5.97 Å². The molecule has 0 aliphatic carbocycles. The average Bonchev–Trinajstić information content (AvgIpc) is 2.69. The van der Waals surface area contributed by atoms with Crippen LogP contribution in [0, 0.1) is 5.92 Å². The Morgan fingerprint density at radius 2 is 1.57 bits per heavy atom. The first-order chi connectivity index (χ1) is 14.0. The molecular weight excluding hydrogens is 392 g/mol. The van der Waals surface area contributed by atoms with Crippen molar-refractivity contribution in [2.45, 2.75) is 51.4 Å². The summed E-state index contributed by atoms with van der Waals surface area (Å²) in [5.41, 5.74) is 6.42. The van der Waals surface area contributed by atoms with Crippen LogP contribution in [-0.4, -0.2) is 64.7 Å². The van der Waals surface area contributed by atoms with E-state index in [1.165, 1.54) is 6.92 Å². The largest absolute Gasteiger partial charge is 0.480 e. The fraction of sp³-hybridized carbons (Fsp3) is 0.500. The van der Waals surface area contributed by atoms with Crippen LogP contribution in [0.4, 0.5) is 0 Å². The lowest BCUT2D eigenvalue weighted by Crippen LogP contribution is -2.58. The molecule has 0 aliphatic heterocycles. The molecule has 0 heterocycles. The number of amides is 3. The Morgan fingerprint density at radius 1 is 0.967 bits per heavy atom. The topological polar surface area (TPSA) is 171 Å². The molecule has 4 unspecified atom stereocenters. The summed E-state index contributed by atoms with van der Waals surface area (Å²) in [5.74, 6) is -3.54. The summed E-state index contributed by atoms with van der Waals surface area (Å²) in [6.07, 6.45) is -0.984. The van der Waals surface area contributed by atoms with E-state index >= 15 is 0 Å². The number of carboxylic acid groups (broad SMARTS) is 1. The molecule has 10 nitrogen and oxygen atoms in total. The zero-order valence-corrected chi connectivity index (χ0v) is 17.3. The number of carboxylic acids is 1. The zero-order valence-electron chi connectivity index (χ0n) is 17.3. The SMILES string of the molecule is CC(C)C(NC(=O)C(Cc1ccccc1)NC(=O)C(N)C(C)O)C(=O)NCC(=O)O. The van der Waals surface area contributed by atoms with Gasteiger partial charge < -0.3 is 31.9 Å². The smallest absolute Gasteiger partial charge is 0.322 e. The number of aliphatic hydroxyl groups is 1. The molecule has 0 fully saturated rings. The fourth-order valence-corrected chi connectivity index (χ4v) is 2.61. The Hall–Kier alpha value is -2.98. The summed E-state index contributed by atoms with van der Waals surface area (Å²) in [6.45, 7) is 4.17. The van der Waals surface area contributed by atoms with Crippen molar-refractivity contribution < 1.29 is 29.4 Å². The first-order valence-electron chi connectivity index (χ1n) is 9.60. The molecule has 1 aromatic carbocycles. The highest BCUT2D eigenvalue weighted by Gasteiger charge is 2.30. The normalized spacial score (nSPS) is 14.9. The third-order valence-electron chi connectivity index (χ3n) is 4.40. The van der Waals surface area contributed by atoms with E-state index in [4.69, 9.17) is 10.8 Å². The minimum Gasteiger partial charge on any atom is -0.480 e. The molecule has 0 aromatic heterocycles. The van der Waals surface area contributed by atoms with E-state index in [2.05, 4.69) is 16.0 Å². The van der Waals surface area contributed by atoms with E-state index in [-0.39, 0.29) is 12.3 Å². The molecule has 10 heteroatoms. The van der Waals surface area contributed by atoms with Crippen molar-refractivity contribution >= 4 is 23.7 Å². The molecule has 166 valence electrons. The highest BCUT2D eigenvalue weighted by atomic mass is 16.4. The van der Waals surface area contributed by atoms with Crippen LogP contribution in [-0.2, 0) is 25.6 Å². The highest BCUT2D eigenvalue weighted by Crippen LogP contribution is 2.07. The molecule has 30 heavy (non-hydrogen) atoms. The maximum Gasteiger partial charge on any atom is 0.322 e. The van der Waals surface area contributed by atoms with E-state index in [0.717, 1.165) is 5.56 Å². The molecule has 1 rings (SSSR count). The second-order valence-corrected chi connectivity index (χ2v) is 7.36. The average molecular weight is 422 g/mol. The van der Waals surface area contributed by atoms with Gasteiger partial charge in [-0.15, -0.1) is 0 Å². The Bertz CT molecular complexity index is 738. The number of nitrogens with one attached hydrogen (secondary N) is 3. The van der Waals surface area contributed by atoms with Crippen LogP contribution >= 0.6 is 0 Å². The zero-order chi connectivity index (χ0) is 22.8. The van der Waals surface area contributed by atoms with E-state index in [1.54, 1.807) is 38.1 Å².